The second-order valence-electron chi connectivity index (χ2n) is 10.1. The van der Waals surface area contributed by atoms with Crippen molar-refractivity contribution in [3.05, 3.63) is 65.7 Å². The van der Waals surface area contributed by atoms with Crippen LogP contribution in [0.3, 0.4) is 0 Å². The molecule has 5 unspecified atom stereocenters. The summed E-state index contributed by atoms with van der Waals surface area (Å²) in [7, 11) is 4.09. The van der Waals surface area contributed by atoms with Crippen molar-refractivity contribution in [2.45, 2.75) is 39.5 Å². The molecule has 2 nitrogen and oxygen atoms in total. The lowest BCUT2D eigenvalue weighted by atomic mass is 9.39. The SMILES string of the molecule is COc1cccc(C2C(C)C3CC(C2CN(C)CCc2ccccc2)C3(C)C)c1. The zero-order valence-corrected chi connectivity index (χ0v) is 18.8. The van der Waals surface area contributed by atoms with Crippen LogP contribution < -0.4 is 4.74 Å². The average Bonchev–Trinajstić information content (AvgIpc) is 2.72. The van der Waals surface area contributed by atoms with E-state index in [4.69, 9.17) is 4.74 Å². The minimum atomic E-state index is 0.472. The number of hydrogen-bond acceptors (Lipinski definition) is 2. The predicted molar refractivity (Wildman–Crippen MR) is 121 cm³/mol. The Hall–Kier alpha value is -1.80. The van der Waals surface area contributed by atoms with Crippen molar-refractivity contribution in [3.63, 3.8) is 0 Å². The third-order valence-electron chi connectivity index (χ3n) is 8.22. The molecule has 156 valence electrons. The first kappa shape index (κ1) is 20.5. The quantitative estimate of drug-likeness (QED) is 0.584. The van der Waals surface area contributed by atoms with Crippen molar-refractivity contribution in [1.29, 1.82) is 0 Å². The maximum atomic E-state index is 5.55. The number of rotatable bonds is 7. The molecule has 0 radical (unpaired) electrons. The van der Waals surface area contributed by atoms with E-state index in [1.807, 2.05) is 0 Å². The van der Waals surface area contributed by atoms with Crippen LogP contribution in [0.1, 0.15) is 44.2 Å². The molecule has 2 heteroatoms. The van der Waals surface area contributed by atoms with E-state index in [0.717, 1.165) is 36.5 Å². The summed E-state index contributed by atoms with van der Waals surface area (Å²) < 4.78 is 5.55. The molecular weight excluding hydrogens is 354 g/mol. The van der Waals surface area contributed by atoms with Gasteiger partial charge in [-0.15, -0.1) is 0 Å². The Morgan fingerprint density at radius 2 is 1.79 bits per heavy atom. The summed E-state index contributed by atoms with van der Waals surface area (Å²) in [6.07, 6.45) is 2.53. The van der Waals surface area contributed by atoms with Gasteiger partial charge in [0, 0.05) is 13.1 Å². The van der Waals surface area contributed by atoms with Gasteiger partial charge in [-0.05, 0) is 78.2 Å². The van der Waals surface area contributed by atoms with Crippen LogP contribution >= 0.6 is 0 Å². The topological polar surface area (TPSA) is 12.5 Å². The highest BCUT2D eigenvalue weighted by atomic mass is 16.5. The zero-order valence-electron chi connectivity index (χ0n) is 18.8. The van der Waals surface area contributed by atoms with E-state index in [1.54, 1.807) is 7.11 Å². The molecular formula is C27H37NO. The third kappa shape index (κ3) is 3.84. The maximum Gasteiger partial charge on any atom is 0.119 e. The Kier molecular flexibility index (Phi) is 5.75. The van der Waals surface area contributed by atoms with E-state index in [9.17, 15) is 0 Å². The fourth-order valence-electron chi connectivity index (χ4n) is 6.56. The summed E-state index contributed by atoms with van der Waals surface area (Å²) in [6, 6.07) is 19.7. The molecule has 0 spiro atoms. The van der Waals surface area contributed by atoms with Crippen molar-refractivity contribution >= 4 is 0 Å². The minimum absolute atomic E-state index is 0.472. The van der Waals surface area contributed by atoms with Gasteiger partial charge in [0.25, 0.3) is 0 Å². The summed E-state index contributed by atoms with van der Waals surface area (Å²) in [6.45, 7) is 9.83. The Balaban J connectivity index is 1.53. The Morgan fingerprint density at radius 3 is 2.48 bits per heavy atom. The van der Waals surface area contributed by atoms with Crippen LogP contribution in [0.15, 0.2) is 54.6 Å². The molecule has 0 amide bonds. The second-order valence-corrected chi connectivity index (χ2v) is 10.1. The summed E-state index contributed by atoms with van der Waals surface area (Å²) in [5.41, 5.74) is 3.38. The largest absolute Gasteiger partial charge is 0.497 e. The smallest absolute Gasteiger partial charge is 0.119 e. The van der Waals surface area contributed by atoms with Crippen LogP contribution in [-0.2, 0) is 6.42 Å². The summed E-state index contributed by atoms with van der Waals surface area (Å²) in [5.74, 6) is 4.70. The van der Waals surface area contributed by atoms with Crippen LogP contribution in [0.4, 0.5) is 0 Å². The van der Waals surface area contributed by atoms with Crippen LogP contribution in [0.2, 0.25) is 0 Å². The lowest BCUT2D eigenvalue weighted by Gasteiger charge is -2.66. The van der Waals surface area contributed by atoms with E-state index in [2.05, 4.69) is 87.3 Å². The van der Waals surface area contributed by atoms with E-state index in [-0.39, 0.29) is 0 Å². The highest BCUT2D eigenvalue weighted by Gasteiger charge is 2.60. The number of likely N-dealkylation sites (N-methyl/N-ethyl adjacent to an activating group) is 1. The number of nitrogens with zero attached hydrogens (tertiary/aromatic N) is 1. The summed E-state index contributed by atoms with van der Waals surface area (Å²) in [5, 5.41) is 0. The minimum Gasteiger partial charge on any atom is -0.497 e. The molecule has 3 aliphatic carbocycles. The average molecular weight is 392 g/mol. The van der Waals surface area contributed by atoms with Crippen LogP contribution in [0, 0.1) is 29.1 Å². The Labute approximate surface area is 177 Å². The Bertz CT molecular complexity index is 814. The monoisotopic (exact) mass is 391 g/mol. The molecule has 2 aromatic rings. The van der Waals surface area contributed by atoms with E-state index < -0.39 is 0 Å². The number of benzene rings is 2. The first-order valence-corrected chi connectivity index (χ1v) is 11.3. The number of methoxy groups -OCH3 is 1. The number of ether oxygens (including phenoxy) is 1. The van der Waals surface area contributed by atoms with Gasteiger partial charge in [-0.3, -0.25) is 0 Å². The molecule has 3 aliphatic rings. The van der Waals surface area contributed by atoms with Crippen LogP contribution in [0.5, 0.6) is 5.75 Å². The fourth-order valence-corrected chi connectivity index (χ4v) is 6.56. The van der Waals surface area contributed by atoms with Gasteiger partial charge in [-0.1, -0.05) is 63.2 Å². The van der Waals surface area contributed by atoms with Gasteiger partial charge >= 0.3 is 0 Å². The van der Waals surface area contributed by atoms with Crippen LogP contribution in [-0.4, -0.2) is 32.1 Å². The van der Waals surface area contributed by atoms with Crippen molar-refractivity contribution in [1.82, 2.24) is 4.90 Å². The molecule has 5 rings (SSSR count). The third-order valence-corrected chi connectivity index (χ3v) is 8.22. The van der Waals surface area contributed by atoms with Crippen molar-refractivity contribution < 1.29 is 4.74 Å². The standard InChI is InChI=1S/C27H37NO/c1-19-24-17-25(27(24,2)3)23(26(19)21-12-9-13-22(16-21)29-5)18-28(4)15-14-20-10-7-6-8-11-20/h6-13,16,19,23-26H,14-15,17-18H2,1-5H3. The summed E-state index contributed by atoms with van der Waals surface area (Å²) >= 11 is 0. The molecule has 0 N–H and O–H groups in total. The molecule has 0 saturated heterocycles. The highest BCUT2D eigenvalue weighted by molar-refractivity contribution is 5.33. The van der Waals surface area contributed by atoms with Crippen molar-refractivity contribution in [2.75, 3.05) is 27.2 Å². The van der Waals surface area contributed by atoms with Gasteiger partial charge in [-0.2, -0.15) is 0 Å². The molecule has 0 aromatic heterocycles. The Morgan fingerprint density at radius 1 is 1.03 bits per heavy atom. The van der Waals surface area contributed by atoms with Crippen LogP contribution in [0.25, 0.3) is 0 Å². The first-order chi connectivity index (χ1) is 13.9. The maximum absolute atomic E-state index is 5.55. The fraction of sp³-hybridized carbons (Fsp3) is 0.556. The predicted octanol–water partition coefficient (Wildman–Crippen LogP) is 5.88. The first-order valence-electron chi connectivity index (χ1n) is 11.3. The normalized spacial score (nSPS) is 30.1. The summed E-state index contributed by atoms with van der Waals surface area (Å²) in [4.78, 5) is 2.58. The molecule has 0 aliphatic heterocycles. The van der Waals surface area contributed by atoms with Gasteiger partial charge in [0.05, 0.1) is 7.11 Å². The van der Waals surface area contributed by atoms with E-state index in [0.29, 0.717) is 17.3 Å². The number of hydrogen-bond donors (Lipinski definition) is 0. The zero-order chi connectivity index (χ0) is 20.6. The molecule has 3 fully saturated rings. The van der Waals surface area contributed by atoms with Gasteiger partial charge in [-0.25, -0.2) is 0 Å². The molecule has 2 aromatic carbocycles. The van der Waals surface area contributed by atoms with Crippen molar-refractivity contribution in [3.8, 4) is 5.75 Å². The van der Waals surface area contributed by atoms with Gasteiger partial charge in [0.2, 0.25) is 0 Å². The van der Waals surface area contributed by atoms with Gasteiger partial charge in [0.1, 0.15) is 5.75 Å². The second kappa shape index (κ2) is 8.14. The lowest BCUT2D eigenvalue weighted by Crippen LogP contribution is -2.60. The molecule has 5 atom stereocenters. The molecule has 2 bridgehead atoms. The van der Waals surface area contributed by atoms with E-state index in [1.165, 1.54) is 24.1 Å². The van der Waals surface area contributed by atoms with Crippen molar-refractivity contribution in [2.24, 2.45) is 29.1 Å². The lowest BCUT2D eigenvalue weighted by molar-refractivity contribution is -0.154. The highest BCUT2D eigenvalue weighted by Crippen LogP contribution is 2.67. The molecule has 29 heavy (non-hydrogen) atoms. The van der Waals surface area contributed by atoms with E-state index >= 15 is 0 Å². The van der Waals surface area contributed by atoms with Gasteiger partial charge < -0.3 is 9.64 Å². The van der Waals surface area contributed by atoms with Gasteiger partial charge in [0.15, 0.2) is 0 Å². The number of fused-ring (bicyclic) bond motifs is 2. The molecule has 3 saturated carbocycles. The molecule has 0 heterocycles.